The molecule has 288 valence electrons. The number of rotatable bonds is 8. The van der Waals surface area contributed by atoms with Crippen LogP contribution in [0, 0.1) is 5.92 Å². The van der Waals surface area contributed by atoms with E-state index in [0.29, 0.717) is 39.5 Å². The number of para-hydroxylation sites is 1. The van der Waals surface area contributed by atoms with Crippen molar-refractivity contribution < 1.29 is 52.2 Å². The minimum absolute atomic E-state index is 0.139. The number of primary amides is 1. The Morgan fingerprint density at radius 2 is 1.70 bits per heavy atom. The summed E-state index contributed by atoms with van der Waals surface area (Å²) in [6.07, 6.45) is -1.80. The summed E-state index contributed by atoms with van der Waals surface area (Å²) in [5.41, 5.74) is 12.5. The maximum absolute atomic E-state index is 14.3. The van der Waals surface area contributed by atoms with Gasteiger partial charge >= 0.3 is 5.97 Å². The highest BCUT2D eigenvalue weighted by atomic mass is 32.2. The molecule has 1 aromatic carbocycles. The van der Waals surface area contributed by atoms with Crippen LogP contribution in [0.2, 0.25) is 0 Å². The number of hydrogen-bond acceptors (Lipinski definition) is 10. The van der Waals surface area contributed by atoms with E-state index in [4.69, 9.17) is 11.5 Å². The molecule has 4 rings (SSSR count). The lowest BCUT2D eigenvalue weighted by Crippen LogP contribution is -2.57. The first-order chi connectivity index (χ1) is 24.9. The minimum atomic E-state index is -3.57. The first-order valence-corrected chi connectivity index (χ1v) is 17.4. The highest BCUT2D eigenvalue weighted by molar-refractivity contribution is 8.00. The van der Waals surface area contributed by atoms with Crippen molar-refractivity contribution in [2.75, 3.05) is 19.6 Å². The number of halogens is 2. The number of aromatic amines is 1. The first kappa shape index (κ1) is 40.5. The predicted molar refractivity (Wildman–Crippen MR) is 184 cm³/mol. The molecule has 21 heteroatoms. The van der Waals surface area contributed by atoms with Gasteiger partial charge in [0.1, 0.15) is 18.1 Å². The number of fused-ring (bicyclic) bond motifs is 3. The lowest BCUT2D eigenvalue weighted by molar-refractivity contribution is -0.149. The number of carboxylic acids is 1. The Morgan fingerprint density at radius 1 is 1.06 bits per heavy atom. The van der Waals surface area contributed by atoms with E-state index < -0.39 is 121 Å². The van der Waals surface area contributed by atoms with Crippen LogP contribution in [-0.2, 0) is 44.8 Å². The van der Waals surface area contributed by atoms with Crippen LogP contribution in [0.3, 0.4) is 0 Å². The van der Waals surface area contributed by atoms with Gasteiger partial charge in [0.15, 0.2) is 5.37 Å². The fourth-order valence-electron chi connectivity index (χ4n) is 5.88. The van der Waals surface area contributed by atoms with E-state index in [0.717, 1.165) is 0 Å². The SMILES string of the molecule is CC[C@H](C)[C@@H]1NC(=O)CNC(=O)[C@@H](N)Cc2c([nH]c3ccccc23)S[C@@H](C(=O)N[C@@H](CC(N)=O)C(=O)N2CC(F)(F)C[C@H]2C(=O)O)NC(=O)CNC1=O. The number of H-pyrrole nitrogens is 1. The molecule has 3 heterocycles. The molecule has 1 saturated heterocycles. The fourth-order valence-corrected chi connectivity index (χ4v) is 6.98. The molecule has 2 aliphatic heterocycles. The molecule has 1 fully saturated rings. The monoisotopic (exact) mass is 765 g/mol. The molecule has 7 amide bonds. The number of nitrogens with two attached hydrogens (primary N) is 2. The maximum atomic E-state index is 14.3. The Morgan fingerprint density at radius 3 is 2.34 bits per heavy atom. The number of benzene rings is 1. The third-order valence-corrected chi connectivity index (χ3v) is 9.97. The summed E-state index contributed by atoms with van der Waals surface area (Å²) >= 11 is 0.695. The number of alkyl halides is 2. The molecule has 1 aromatic heterocycles. The molecule has 11 N–H and O–H groups in total. The molecule has 0 unspecified atom stereocenters. The third-order valence-electron chi connectivity index (χ3n) is 8.82. The summed E-state index contributed by atoms with van der Waals surface area (Å²) in [6, 6.07) is 0.567. The van der Waals surface area contributed by atoms with Gasteiger partial charge in [-0.05, 0) is 24.0 Å². The Bertz CT molecular complexity index is 1790. The summed E-state index contributed by atoms with van der Waals surface area (Å²) in [5, 5.41) is 20.7. The minimum Gasteiger partial charge on any atom is -0.480 e. The fraction of sp³-hybridized carbons (Fsp3) is 0.500. The number of carbonyl (C=O) groups excluding carboxylic acids is 7. The summed E-state index contributed by atoms with van der Waals surface area (Å²) in [7, 11) is 0. The van der Waals surface area contributed by atoms with E-state index in [2.05, 4.69) is 31.6 Å². The van der Waals surface area contributed by atoms with Gasteiger partial charge in [-0.25, -0.2) is 13.6 Å². The van der Waals surface area contributed by atoms with Gasteiger partial charge in [-0.3, -0.25) is 33.6 Å². The zero-order valence-electron chi connectivity index (χ0n) is 28.7. The topological polar surface area (TPSA) is 288 Å². The number of aliphatic carboxylic acids is 1. The summed E-state index contributed by atoms with van der Waals surface area (Å²) in [6.45, 7) is 0.958. The van der Waals surface area contributed by atoms with E-state index in [1.54, 1.807) is 38.1 Å². The average Bonchev–Trinajstić information content (AvgIpc) is 3.62. The van der Waals surface area contributed by atoms with Crippen LogP contribution in [0.4, 0.5) is 8.78 Å². The Balaban J connectivity index is 1.72. The van der Waals surface area contributed by atoms with Crippen LogP contribution < -0.4 is 38.1 Å². The number of carboxylic acid groups (broad SMARTS) is 1. The Labute approximate surface area is 305 Å². The number of amides is 7. The molecular weight excluding hydrogens is 724 g/mol. The van der Waals surface area contributed by atoms with Gasteiger partial charge in [0.2, 0.25) is 35.4 Å². The molecule has 0 bridgehead atoms. The lowest BCUT2D eigenvalue weighted by Gasteiger charge is -2.28. The Hall–Kier alpha value is -5.31. The molecule has 0 radical (unpaired) electrons. The van der Waals surface area contributed by atoms with Crippen molar-refractivity contribution in [2.45, 2.75) is 80.0 Å². The number of likely N-dealkylation sites (tertiary alicyclic amines) is 1. The zero-order valence-corrected chi connectivity index (χ0v) is 29.5. The van der Waals surface area contributed by atoms with E-state index in [-0.39, 0.29) is 11.4 Å². The highest BCUT2D eigenvalue weighted by Gasteiger charge is 2.51. The molecule has 2 aliphatic rings. The van der Waals surface area contributed by atoms with Crippen molar-refractivity contribution in [3.05, 3.63) is 29.8 Å². The quantitative estimate of drug-likeness (QED) is 0.142. The van der Waals surface area contributed by atoms with Crippen molar-refractivity contribution in [1.82, 2.24) is 36.5 Å². The largest absolute Gasteiger partial charge is 0.480 e. The van der Waals surface area contributed by atoms with Gasteiger partial charge in [0, 0.05) is 17.3 Å². The van der Waals surface area contributed by atoms with Crippen molar-refractivity contribution in [3.8, 4) is 0 Å². The van der Waals surface area contributed by atoms with Gasteiger partial charge in [0.25, 0.3) is 11.8 Å². The number of nitrogens with one attached hydrogen (secondary N) is 6. The molecule has 0 spiro atoms. The standard InChI is InChI=1S/C32H41F2N9O9S/c1-3-14(2)24-26(48)38-12-23(46)42-29(27(49)39-19(9-21(36)44)30(50)43-13-32(33,34)10-20(43)31(51)52)53-28-16(15-6-4-5-7-18(15)40-28)8-17(35)25(47)37-11-22(45)41-24/h4-7,14,17,19-20,24,29,40H,3,8-13,35H2,1-2H3,(H2,36,44)(H,37,47)(H,38,48)(H,39,49)(H,41,45)(H,42,46)(H,51,52)/t14-,17-,19-,20-,24-,29-/m0/s1. The highest BCUT2D eigenvalue weighted by Crippen LogP contribution is 2.34. The van der Waals surface area contributed by atoms with E-state index in [9.17, 15) is 52.2 Å². The van der Waals surface area contributed by atoms with Crippen molar-refractivity contribution in [3.63, 3.8) is 0 Å². The van der Waals surface area contributed by atoms with Gasteiger partial charge < -0.3 is 53.0 Å². The van der Waals surface area contributed by atoms with Crippen LogP contribution in [0.15, 0.2) is 29.3 Å². The van der Waals surface area contributed by atoms with Gasteiger partial charge in [-0.2, -0.15) is 0 Å². The van der Waals surface area contributed by atoms with E-state index in [1.807, 2.05) is 0 Å². The molecule has 0 aliphatic carbocycles. The van der Waals surface area contributed by atoms with Crippen molar-refractivity contribution >= 4 is 70.0 Å². The number of hydrogen-bond donors (Lipinski definition) is 9. The van der Waals surface area contributed by atoms with E-state index in [1.165, 1.54) is 0 Å². The van der Waals surface area contributed by atoms with Crippen molar-refractivity contribution in [1.29, 1.82) is 0 Å². The average molecular weight is 766 g/mol. The van der Waals surface area contributed by atoms with E-state index >= 15 is 0 Å². The van der Waals surface area contributed by atoms with Crippen LogP contribution in [0.25, 0.3) is 10.9 Å². The molecule has 6 atom stereocenters. The maximum Gasteiger partial charge on any atom is 0.326 e. The molecular formula is C32H41F2N9O9S. The molecule has 18 nitrogen and oxygen atoms in total. The predicted octanol–water partition coefficient (Wildman–Crippen LogP) is -1.97. The van der Waals surface area contributed by atoms with Crippen LogP contribution in [0.1, 0.15) is 38.7 Å². The second-order valence-electron chi connectivity index (χ2n) is 12.8. The molecule has 2 aromatic rings. The number of carbonyl (C=O) groups is 8. The smallest absolute Gasteiger partial charge is 0.326 e. The van der Waals surface area contributed by atoms with Crippen molar-refractivity contribution in [2.24, 2.45) is 17.4 Å². The zero-order chi connectivity index (χ0) is 39.2. The van der Waals surface area contributed by atoms with Gasteiger partial charge in [0.05, 0.1) is 37.1 Å². The number of aromatic nitrogens is 1. The third kappa shape index (κ3) is 10.2. The van der Waals surface area contributed by atoms with Gasteiger partial charge in [-0.1, -0.05) is 50.2 Å². The number of nitrogens with zero attached hydrogens (tertiary/aromatic N) is 1. The second-order valence-corrected chi connectivity index (χ2v) is 13.9. The second kappa shape index (κ2) is 17.0. The lowest BCUT2D eigenvalue weighted by atomic mass is 9.98. The Kier molecular flexibility index (Phi) is 13.0. The summed E-state index contributed by atoms with van der Waals surface area (Å²) in [5.74, 6) is -12.4. The van der Waals surface area contributed by atoms with Gasteiger partial charge in [-0.15, -0.1) is 0 Å². The molecule has 0 saturated carbocycles. The molecule has 53 heavy (non-hydrogen) atoms. The summed E-state index contributed by atoms with van der Waals surface area (Å²) in [4.78, 5) is 107. The first-order valence-electron chi connectivity index (χ1n) is 16.6. The van der Waals surface area contributed by atoms with Crippen LogP contribution in [0.5, 0.6) is 0 Å². The van der Waals surface area contributed by atoms with Crippen LogP contribution >= 0.6 is 11.8 Å². The normalized spacial score (nSPS) is 24.1. The number of thioether (sulfide) groups is 1. The summed E-state index contributed by atoms with van der Waals surface area (Å²) < 4.78 is 28.5. The van der Waals surface area contributed by atoms with Crippen LogP contribution in [-0.4, -0.2) is 117 Å².